The Labute approximate surface area is 154 Å². The number of amides is 1. The lowest BCUT2D eigenvalue weighted by Crippen LogP contribution is -2.31. The van der Waals surface area contributed by atoms with Crippen molar-refractivity contribution in [3.8, 4) is 17.3 Å². The molecular weight excluding hydrogens is 362 g/mol. The quantitative estimate of drug-likeness (QED) is 0.786. The van der Waals surface area contributed by atoms with Gasteiger partial charge in [-0.05, 0) is 18.6 Å². The molecule has 0 bridgehead atoms. The molecule has 130 valence electrons. The molecule has 1 aromatic heterocycles. The Kier molecular flexibility index (Phi) is 5.77. The highest BCUT2D eigenvalue weighted by Gasteiger charge is 2.29. The third-order valence-corrected chi connectivity index (χ3v) is 4.74. The number of carboxylic acid groups (broad SMARTS) is 1. The number of thiazole rings is 1. The molecule has 0 aliphatic carbocycles. The first-order valence-electron chi connectivity index (χ1n) is 7.43. The number of carbonyl (C=O) groups is 2. The normalized spacial score (nSPS) is 11.0. The average molecular weight is 378 g/mol. The maximum atomic E-state index is 12.4. The van der Waals surface area contributed by atoms with Gasteiger partial charge in [0.2, 0.25) is 5.91 Å². The number of nitriles is 1. The first-order valence-corrected chi connectivity index (χ1v) is 8.62. The Hall–Kier alpha value is -2.43. The highest BCUT2D eigenvalue weighted by molar-refractivity contribution is 7.16. The van der Waals surface area contributed by atoms with Crippen molar-refractivity contribution in [1.82, 2.24) is 4.98 Å². The van der Waals surface area contributed by atoms with E-state index in [4.69, 9.17) is 16.7 Å². The second-order valence-corrected chi connectivity index (χ2v) is 7.49. The van der Waals surface area contributed by atoms with Gasteiger partial charge in [0.05, 0.1) is 0 Å². The van der Waals surface area contributed by atoms with Gasteiger partial charge in [-0.25, -0.2) is 4.98 Å². The Bertz CT molecular complexity index is 855. The SMILES string of the molecule is CC(C)(CCC(=O)O)C(=O)Nc1nc(-c2cccc(Cl)c2)c(C#N)s1. The lowest BCUT2D eigenvalue weighted by Gasteiger charge is -2.21. The van der Waals surface area contributed by atoms with Crippen LogP contribution in [-0.2, 0) is 9.59 Å². The van der Waals surface area contributed by atoms with Crippen LogP contribution >= 0.6 is 22.9 Å². The maximum absolute atomic E-state index is 12.4. The molecule has 1 heterocycles. The number of aromatic nitrogens is 1. The molecule has 25 heavy (non-hydrogen) atoms. The molecule has 0 unspecified atom stereocenters. The number of rotatable bonds is 6. The monoisotopic (exact) mass is 377 g/mol. The number of carboxylic acids is 1. The Morgan fingerprint density at radius 1 is 1.44 bits per heavy atom. The smallest absolute Gasteiger partial charge is 0.303 e. The summed E-state index contributed by atoms with van der Waals surface area (Å²) in [6, 6.07) is 9.02. The minimum Gasteiger partial charge on any atom is -0.481 e. The highest BCUT2D eigenvalue weighted by atomic mass is 35.5. The van der Waals surface area contributed by atoms with Crippen LogP contribution < -0.4 is 5.32 Å². The van der Waals surface area contributed by atoms with E-state index in [0.29, 0.717) is 26.3 Å². The number of carbonyl (C=O) groups excluding carboxylic acids is 1. The van der Waals surface area contributed by atoms with Gasteiger partial charge in [0.15, 0.2) is 5.13 Å². The molecule has 0 atom stereocenters. The molecule has 0 spiro atoms. The van der Waals surface area contributed by atoms with Gasteiger partial charge < -0.3 is 10.4 Å². The van der Waals surface area contributed by atoms with E-state index in [-0.39, 0.29) is 18.7 Å². The summed E-state index contributed by atoms with van der Waals surface area (Å²) >= 11 is 7.04. The lowest BCUT2D eigenvalue weighted by atomic mass is 9.87. The third-order valence-electron chi connectivity index (χ3n) is 3.63. The number of nitrogens with zero attached hydrogens (tertiary/aromatic N) is 2. The fourth-order valence-electron chi connectivity index (χ4n) is 2.08. The van der Waals surface area contributed by atoms with Gasteiger partial charge >= 0.3 is 5.97 Å². The van der Waals surface area contributed by atoms with E-state index in [1.54, 1.807) is 38.1 Å². The standard InChI is InChI=1S/C17H16ClN3O3S/c1-17(2,7-6-13(22)23)15(24)21-16-20-14(12(9-19)25-16)10-4-3-5-11(18)8-10/h3-5,8H,6-7H2,1-2H3,(H,22,23)(H,20,21,24). The third kappa shape index (κ3) is 4.78. The molecule has 0 aliphatic rings. The number of hydrogen-bond donors (Lipinski definition) is 2. The minimum absolute atomic E-state index is 0.102. The summed E-state index contributed by atoms with van der Waals surface area (Å²) in [5, 5.41) is 21.6. The Morgan fingerprint density at radius 3 is 2.76 bits per heavy atom. The zero-order valence-corrected chi connectivity index (χ0v) is 15.2. The molecule has 0 aliphatic heterocycles. The highest BCUT2D eigenvalue weighted by Crippen LogP contribution is 2.33. The molecular formula is C17H16ClN3O3S. The van der Waals surface area contributed by atoms with Crippen molar-refractivity contribution >= 4 is 39.9 Å². The van der Waals surface area contributed by atoms with Crippen LogP contribution in [-0.4, -0.2) is 22.0 Å². The van der Waals surface area contributed by atoms with Crippen LogP contribution in [0, 0.1) is 16.7 Å². The van der Waals surface area contributed by atoms with Gasteiger partial charge in [0.1, 0.15) is 16.6 Å². The van der Waals surface area contributed by atoms with Gasteiger partial charge in [0.25, 0.3) is 0 Å². The predicted molar refractivity (Wildman–Crippen MR) is 96.6 cm³/mol. The van der Waals surface area contributed by atoms with Gasteiger partial charge in [-0.15, -0.1) is 0 Å². The lowest BCUT2D eigenvalue weighted by molar-refractivity contribution is -0.138. The summed E-state index contributed by atoms with van der Waals surface area (Å²) in [6.45, 7) is 3.34. The molecule has 2 aromatic rings. The predicted octanol–water partition coefficient (Wildman–Crippen LogP) is 4.16. The van der Waals surface area contributed by atoms with Gasteiger partial charge in [-0.1, -0.05) is 48.9 Å². The van der Waals surface area contributed by atoms with Crippen molar-refractivity contribution in [3.63, 3.8) is 0 Å². The number of aliphatic carboxylic acids is 1. The van der Waals surface area contributed by atoms with Crippen molar-refractivity contribution in [2.75, 3.05) is 5.32 Å². The van der Waals surface area contributed by atoms with Gasteiger partial charge in [0, 0.05) is 22.4 Å². The average Bonchev–Trinajstić information content (AvgIpc) is 2.96. The molecule has 2 N–H and O–H groups in total. The Balaban J connectivity index is 2.23. The van der Waals surface area contributed by atoms with E-state index in [1.807, 2.05) is 0 Å². The number of anilines is 1. The van der Waals surface area contributed by atoms with Gasteiger partial charge in [-0.2, -0.15) is 5.26 Å². The molecule has 2 rings (SSSR count). The first kappa shape index (κ1) is 18.9. The van der Waals surface area contributed by atoms with Crippen molar-refractivity contribution < 1.29 is 14.7 Å². The van der Waals surface area contributed by atoms with Crippen molar-refractivity contribution in [2.45, 2.75) is 26.7 Å². The molecule has 0 radical (unpaired) electrons. The van der Waals surface area contributed by atoms with Crippen LogP contribution in [0.1, 0.15) is 31.6 Å². The minimum atomic E-state index is -0.954. The molecule has 0 saturated heterocycles. The number of halogens is 1. The summed E-state index contributed by atoms with van der Waals surface area (Å²) in [5.74, 6) is -1.30. The van der Waals surface area contributed by atoms with E-state index in [9.17, 15) is 14.9 Å². The number of benzene rings is 1. The topological polar surface area (TPSA) is 103 Å². The summed E-state index contributed by atoms with van der Waals surface area (Å²) in [4.78, 5) is 27.8. The fraction of sp³-hybridized carbons (Fsp3) is 0.294. The van der Waals surface area contributed by atoms with Crippen molar-refractivity contribution in [1.29, 1.82) is 5.26 Å². The van der Waals surface area contributed by atoms with E-state index >= 15 is 0 Å². The molecule has 1 aromatic carbocycles. The largest absolute Gasteiger partial charge is 0.481 e. The van der Waals surface area contributed by atoms with Crippen LogP contribution in [0.5, 0.6) is 0 Å². The summed E-state index contributed by atoms with van der Waals surface area (Å²) < 4.78 is 0. The molecule has 6 nitrogen and oxygen atoms in total. The first-order chi connectivity index (χ1) is 11.7. The molecule has 8 heteroatoms. The van der Waals surface area contributed by atoms with E-state index in [1.165, 1.54) is 0 Å². The second-order valence-electron chi connectivity index (χ2n) is 6.05. The number of nitrogens with one attached hydrogen (secondary N) is 1. The van der Waals surface area contributed by atoms with E-state index in [2.05, 4.69) is 16.4 Å². The zero-order chi connectivity index (χ0) is 18.6. The van der Waals surface area contributed by atoms with Crippen LogP contribution in [0.3, 0.4) is 0 Å². The Morgan fingerprint density at radius 2 is 2.16 bits per heavy atom. The van der Waals surface area contributed by atoms with Crippen LogP contribution in [0.25, 0.3) is 11.3 Å². The zero-order valence-electron chi connectivity index (χ0n) is 13.7. The van der Waals surface area contributed by atoms with Crippen LogP contribution in [0.4, 0.5) is 5.13 Å². The van der Waals surface area contributed by atoms with E-state index in [0.717, 1.165) is 11.3 Å². The van der Waals surface area contributed by atoms with E-state index < -0.39 is 11.4 Å². The van der Waals surface area contributed by atoms with Crippen LogP contribution in [0.2, 0.25) is 5.02 Å². The van der Waals surface area contributed by atoms with Crippen molar-refractivity contribution in [2.24, 2.45) is 5.41 Å². The van der Waals surface area contributed by atoms with Crippen LogP contribution in [0.15, 0.2) is 24.3 Å². The van der Waals surface area contributed by atoms with Crippen molar-refractivity contribution in [3.05, 3.63) is 34.2 Å². The molecule has 0 saturated carbocycles. The van der Waals surface area contributed by atoms with Gasteiger partial charge in [-0.3, -0.25) is 9.59 Å². The fourth-order valence-corrected chi connectivity index (χ4v) is 3.05. The molecule has 1 amide bonds. The summed E-state index contributed by atoms with van der Waals surface area (Å²) in [5.41, 5.74) is 0.271. The molecule has 0 fully saturated rings. The maximum Gasteiger partial charge on any atom is 0.303 e. The summed E-state index contributed by atoms with van der Waals surface area (Å²) in [6.07, 6.45) is 0.0985. The summed E-state index contributed by atoms with van der Waals surface area (Å²) in [7, 11) is 0. The number of hydrogen-bond acceptors (Lipinski definition) is 5. The second kappa shape index (κ2) is 7.64.